The van der Waals surface area contributed by atoms with Gasteiger partial charge in [0.1, 0.15) is 6.54 Å². The summed E-state index contributed by atoms with van der Waals surface area (Å²) in [5.41, 5.74) is 2.66. The molecule has 0 aromatic heterocycles. The summed E-state index contributed by atoms with van der Waals surface area (Å²) < 4.78 is 5.92. The number of rotatable bonds is 11. The smallest absolute Gasteiger partial charge is 0.302 e. The number of hydrogen-bond acceptors (Lipinski definition) is 3. The van der Waals surface area contributed by atoms with Crippen LogP contribution < -0.4 is 0 Å². The lowest BCUT2D eigenvalue weighted by Gasteiger charge is -2.41. The molecule has 2 rings (SSSR count). The molecule has 0 aliphatic carbocycles. The third-order valence-corrected chi connectivity index (χ3v) is 5.90. The number of aryl methyl sites for hydroxylation is 1. The lowest BCUT2D eigenvalue weighted by Crippen LogP contribution is -2.57. The van der Waals surface area contributed by atoms with Crippen molar-refractivity contribution in [3.8, 4) is 0 Å². The fourth-order valence-electron chi connectivity index (χ4n) is 3.86. The van der Waals surface area contributed by atoms with Crippen LogP contribution in [0.5, 0.6) is 0 Å². The number of ether oxygens (including phenoxy) is 1. The molecule has 1 aliphatic heterocycles. The SMILES string of the molecule is CC(=O)OCCCCCCC/C=C/C(=O)N1CC[N+](C)(Cc2ccc(C)cc2)CC1. The summed E-state index contributed by atoms with van der Waals surface area (Å²) in [7, 11) is 2.30. The van der Waals surface area contributed by atoms with Crippen LogP contribution >= 0.6 is 0 Å². The molecule has 0 N–H and O–H groups in total. The number of piperazine rings is 1. The average Bonchev–Trinajstić information content (AvgIpc) is 2.71. The number of benzene rings is 1. The average molecular weight is 416 g/mol. The number of hydrogen-bond donors (Lipinski definition) is 0. The monoisotopic (exact) mass is 415 g/mol. The van der Waals surface area contributed by atoms with E-state index in [1.54, 1.807) is 6.08 Å². The minimum absolute atomic E-state index is 0.151. The Bertz CT molecular complexity index is 689. The Labute approximate surface area is 182 Å². The maximum Gasteiger partial charge on any atom is 0.302 e. The van der Waals surface area contributed by atoms with Gasteiger partial charge in [-0.2, -0.15) is 0 Å². The number of esters is 1. The Morgan fingerprint density at radius 3 is 2.33 bits per heavy atom. The zero-order valence-electron chi connectivity index (χ0n) is 19.1. The van der Waals surface area contributed by atoms with Crippen LogP contribution in [0.25, 0.3) is 0 Å². The first kappa shape index (κ1) is 24.1. The molecule has 0 bridgehead atoms. The van der Waals surface area contributed by atoms with Crippen molar-refractivity contribution in [2.75, 3.05) is 39.8 Å². The highest BCUT2D eigenvalue weighted by Crippen LogP contribution is 2.17. The van der Waals surface area contributed by atoms with E-state index in [1.807, 2.05) is 11.0 Å². The van der Waals surface area contributed by atoms with Crippen LogP contribution in [0.3, 0.4) is 0 Å². The minimum atomic E-state index is -0.201. The molecule has 1 aromatic carbocycles. The molecular formula is C25H39N2O3+. The number of nitrogens with zero attached hydrogens (tertiary/aromatic N) is 2. The Hall–Kier alpha value is -2.14. The number of allylic oxidation sites excluding steroid dienone is 1. The van der Waals surface area contributed by atoms with Gasteiger partial charge in [-0.05, 0) is 32.3 Å². The standard InChI is InChI=1S/C25H39N2O3/c1-22-12-14-24(15-13-22)21-27(3)18-16-26(17-19-27)25(29)11-9-7-5-4-6-8-10-20-30-23(2)28/h9,11-15H,4-8,10,16-21H2,1-3H3/q+1/b11-9+. The molecule has 1 heterocycles. The number of carbonyl (C=O) groups excluding carboxylic acids is 2. The second kappa shape index (κ2) is 12.5. The molecule has 166 valence electrons. The van der Waals surface area contributed by atoms with Crippen LogP contribution in [0, 0.1) is 6.92 Å². The summed E-state index contributed by atoms with van der Waals surface area (Å²) in [5.74, 6) is -0.0497. The number of amides is 1. The molecule has 0 atom stereocenters. The Balaban J connectivity index is 1.58. The van der Waals surface area contributed by atoms with E-state index in [-0.39, 0.29) is 11.9 Å². The number of likely N-dealkylation sites (N-methyl/N-ethyl adjacent to an activating group) is 1. The summed E-state index contributed by atoms with van der Waals surface area (Å²) in [5, 5.41) is 0. The summed E-state index contributed by atoms with van der Waals surface area (Å²) in [6.07, 6.45) is 10.2. The first-order chi connectivity index (χ1) is 14.4. The molecule has 1 fully saturated rings. The third-order valence-electron chi connectivity index (χ3n) is 5.90. The van der Waals surface area contributed by atoms with Gasteiger partial charge in [-0.3, -0.25) is 9.59 Å². The van der Waals surface area contributed by atoms with Crippen LogP contribution in [-0.4, -0.2) is 61.1 Å². The molecular weight excluding hydrogens is 376 g/mol. The van der Waals surface area contributed by atoms with Gasteiger partial charge in [0.25, 0.3) is 0 Å². The number of unbranched alkanes of at least 4 members (excludes halogenated alkanes) is 5. The highest BCUT2D eigenvalue weighted by atomic mass is 16.5. The van der Waals surface area contributed by atoms with Crippen molar-refractivity contribution in [3.63, 3.8) is 0 Å². The number of carbonyl (C=O) groups is 2. The zero-order chi connectivity index (χ0) is 21.8. The second-order valence-electron chi connectivity index (χ2n) is 8.83. The van der Waals surface area contributed by atoms with E-state index in [1.165, 1.54) is 18.1 Å². The van der Waals surface area contributed by atoms with Crippen molar-refractivity contribution in [2.45, 2.75) is 58.9 Å². The van der Waals surface area contributed by atoms with Gasteiger partial charge in [0.05, 0.1) is 39.8 Å². The quantitative estimate of drug-likeness (QED) is 0.235. The topological polar surface area (TPSA) is 46.6 Å². The Kier molecular flexibility index (Phi) is 10.1. The molecule has 5 nitrogen and oxygen atoms in total. The van der Waals surface area contributed by atoms with Crippen molar-refractivity contribution >= 4 is 11.9 Å². The summed E-state index contributed by atoms with van der Waals surface area (Å²) in [4.78, 5) is 25.1. The highest BCUT2D eigenvalue weighted by Gasteiger charge is 2.30. The molecule has 30 heavy (non-hydrogen) atoms. The molecule has 0 saturated carbocycles. The van der Waals surface area contributed by atoms with Crippen molar-refractivity contribution in [1.29, 1.82) is 0 Å². The van der Waals surface area contributed by atoms with Crippen LogP contribution in [0.2, 0.25) is 0 Å². The lowest BCUT2D eigenvalue weighted by molar-refractivity contribution is -0.926. The minimum Gasteiger partial charge on any atom is -0.466 e. The first-order valence-corrected chi connectivity index (χ1v) is 11.4. The molecule has 1 aromatic rings. The highest BCUT2D eigenvalue weighted by molar-refractivity contribution is 5.87. The summed E-state index contributed by atoms with van der Waals surface area (Å²) >= 11 is 0. The van der Waals surface area contributed by atoms with Gasteiger partial charge in [-0.15, -0.1) is 0 Å². The molecule has 1 aliphatic rings. The fourth-order valence-corrected chi connectivity index (χ4v) is 3.86. The molecule has 1 amide bonds. The third kappa shape index (κ3) is 9.12. The van der Waals surface area contributed by atoms with Gasteiger partial charge in [0, 0.05) is 12.5 Å². The molecule has 0 spiro atoms. The summed E-state index contributed by atoms with van der Waals surface area (Å²) in [6.45, 7) is 8.78. The predicted octanol–water partition coefficient (Wildman–Crippen LogP) is 4.24. The molecule has 0 unspecified atom stereocenters. The molecule has 5 heteroatoms. The van der Waals surface area contributed by atoms with Crippen molar-refractivity contribution in [3.05, 3.63) is 47.5 Å². The fraction of sp³-hybridized carbons (Fsp3) is 0.600. The van der Waals surface area contributed by atoms with E-state index in [2.05, 4.69) is 38.2 Å². The van der Waals surface area contributed by atoms with Crippen molar-refractivity contribution < 1.29 is 18.8 Å². The predicted molar refractivity (Wildman–Crippen MR) is 121 cm³/mol. The van der Waals surface area contributed by atoms with E-state index in [0.717, 1.165) is 75.7 Å². The Morgan fingerprint density at radius 1 is 1.03 bits per heavy atom. The van der Waals surface area contributed by atoms with Crippen molar-refractivity contribution in [1.82, 2.24) is 4.90 Å². The van der Waals surface area contributed by atoms with Crippen LogP contribution in [-0.2, 0) is 20.9 Å². The maximum atomic E-state index is 12.5. The van der Waals surface area contributed by atoms with E-state index < -0.39 is 0 Å². The Morgan fingerprint density at radius 2 is 1.67 bits per heavy atom. The van der Waals surface area contributed by atoms with Gasteiger partial charge in [0.2, 0.25) is 5.91 Å². The maximum absolute atomic E-state index is 12.5. The zero-order valence-corrected chi connectivity index (χ0v) is 19.1. The largest absolute Gasteiger partial charge is 0.466 e. The van der Waals surface area contributed by atoms with E-state index in [4.69, 9.17) is 4.74 Å². The van der Waals surface area contributed by atoms with Crippen LogP contribution in [0.4, 0.5) is 0 Å². The van der Waals surface area contributed by atoms with E-state index in [0.29, 0.717) is 6.61 Å². The van der Waals surface area contributed by atoms with Crippen LogP contribution in [0.15, 0.2) is 36.4 Å². The van der Waals surface area contributed by atoms with E-state index >= 15 is 0 Å². The van der Waals surface area contributed by atoms with Gasteiger partial charge >= 0.3 is 5.97 Å². The normalized spacial score (nSPS) is 16.0. The van der Waals surface area contributed by atoms with Gasteiger partial charge < -0.3 is 14.1 Å². The van der Waals surface area contributed by atoms with Crippen LogP contribution in [0.1, 0.15) is 56.6 Å². The first-order valence-electron chi connectivity index (χ1n) is 11.4. The second-order valence-corrected chi connectivity index (χ2v) is 8.83. The lowest BCUT2D eigenvalue weighted by atomic mass is 10.1. The van der Waals surface area contributed by atoms with Gasteiger partial charge in [-0.1, -0.05) is 55.2 Å². The number of quaternary nitrogens is 1. The van der Waals surface area contributed by atoms with Gasteiger partial charge in [0.15, 0.2) is 0 Å². The van der Waals surface area contributed by atoms with Gasteiger partial charge in [-0.25, -0.2) is 0 Å². The van der Waals surface area contributed by atoms with Crippen molar-refractivity contribution in [2.24, 2.45) is 0 Å². The molecule has 1 saturated heterocycles. The summed E-state index contributed by atoms with van der Waals surface area (Å²) in [6, 6.07) is 8.79. The molecule has 0 radical (unpaired) electrons. The van der Waals surface area contributed by atoms with E-state index in [9.17, 15) is 9.59 Å².